The van der Waals surface area contributed by atoms with Gasteiger partial charge in [-0.3, -0.25) is 4.79 Å². The van der Waals surface area contributed by atoms with Crippen LogP contribution in [0.25, 0.3) is 6.08 Å². The van der Waals surface area contributed by atoms with Crippen LogP contribution in [0.2, 0.25) is 0 Å². The summed E-state index contributed by atoms with van der Waals surface area (Å²) in [6.45, 7) is 4.45. The molecule has 4 heteroatoms. The first-order chi connectivity index (χ1) is 14.6. The lowest BCUT2D eigenvalue weighted by Gasteiger charge is -2.12. The fourth-order valence-corrected chi connectivity index (χ4v) is 3.41. The molecule has 4 nitrogen and oxygen atoms in total. The molecule has 1 aliphatic rings. The number of benzene rings is 3. The highest BCUT2D eigenvalue weighted by Gasteiger charge is 2.30. The number of hydrogen-bond donors (Lipinski definition) is 0. The second-order valence-corrected chi connectivity index (χ2v) is 7.24. The van der Waals surface area contributed by atoms with Gasteiger partial charge in [-0.1, -0.05) is 43.3 Å². The Balaban J connectivity index is 1.52. The van der Waals surface area contributed by atoms with E-state index in [1.807, 2.05) is 49.4 Å². The molecule has 0 N–H and O–H groups in total. The van der Waals surface area contributed by atoms with Crippen LogP contribution >= 0.6 is 0 Å². The van der Waals surface area contributed by atoms with Gasteiger partial charge in [-0.15, -0.1) is 0 Å². The summed E-state index contributed by atoms with van der Waals surface area (Å²) in [6.07, 6.45) is 2.77. The fourth-order valence-electron chi connectivity index (χ4n) is 3.41. The van der Waals surface area contributed by atoms with E-state index in [2.05, 4.69) is 19.1 Å². The third-order valence-corrected chi connectivity index (χ3v) is 5.28. The van der Waals surface area contributed by atoms with Crippen molar-refractivity contribution < 1.29 is 19.0 Å². The molecule has 0 radical (unpaired) electrons. The lowest BCUT2D eigenvalue weighted by Crippen LogP contribution is -1.98. The molecule has 3 aromatic rings. The molecule has 0 bridgehead atoms. The normalized spacial score (nSPS) is 13.8. The molecule has 0 unspecified atom stereocenters. The fraction of sp³-hybridized carbons (Fsp3) is 0.192. The van der Waals surface area contributed by atoms with Crippen LogP contribution < -0.4 is 14.2 Å². The first-order valence-electron chi connectivity index (χ1n) is 10.0. The van der Waals surface area contributed by atoms with Gasteiger partial charge in [-0.2, -0.15) is 0 Å². The average molecular weight is 400 g/mol. The number of allylic oxidation sites excluding steroid dienone is 1. The number of hydrogen-bond acceptors (Lipinski definition) is 4. The number of Topliss-reactive ketones (excluding diaryl/α,β-unsaturated/α-hetero) is 1. The van der Waals surface area contributed by atoms with Crippen LogP contribution in [0, 0.1) is 6.92 Å². The molecule has 0 atom stereocenters. The summed E-state index contributed by atoms with van der Waals surface area (Å²) in [5.41, 5.74) is 4.62. The van der Waals surface area contributed by atoms with Crippen molar-refractivity contribution in [2.75, 3.05) is 7.11 Å². The van der Waals surface area contributed by atoms with E-state index in [9.17, 15) is 4.79 Å². The molecule has 30 heavy (non-hydrogen) atoms. The summed E-state index contributed by atoms with van der Waals surface area (Å²) in [4.78, 5) is 12.8. The number of fused-ring (bicyclic) bond motifs is 1. The molecule has 0 spiro atoms. The van der Waals surface area contributed by atoms with Crippen molar-refractivity contribution in [2.24, 2.45) is 0 Å². The highest BCUT2D eigenvalue weighted by molar-refractivity contribution is 6.14. The van der Waals surface area contributed by atoms with Gasteiger partial charge >= 0.3 is 0 Å². The Morgan fingerprint density at radius 2 is 1.63 bits per heavy atom. The molecule has 0 fully saturated rings. The van der Waals surface area contributed by atoms with Crippen molar-refractivity contribution in [1.29, 1.82) is 0 Å². The number of ether oxygens (including phenoxy) is 3. The predicted molar refractivity (Wildman–Crippen MR) is 117 cm³/mol. The molecule has 0 saturated carbocycles. The maximum absolute atomic E-state index is 12.8. The summed E-state index contributed by atoms with van der Waals surface area (Å²) in [6, 6.07) is 19.5. The minimum Gasteiger partial charge on any atom is -0.497 e. The maximum atomic E-state index is 12.8. The zero-order valence-corrected chi connectivity index (χ0v) is 17.4. The van der Waals surface area contributed by atoms with Gasteiger partial charge in [0.2, 0.25) is 5.78 Å². The molecule has 1 aliphatic heterocycles. The number of methoxy groups -OCH3 is 1. The Labute approximate surface area is 176 Å². The number of rotatable bonds is 6. The summed E-state index contributed by atoms with van der Waals surface area (Å²) in [7, 11) is 1.64. The smallest absolute Gasteiger partial charge is 0.231 e. The van der Waals surface area contributed by atoms with E-state index in [-0.39, 0.29) is 5.78 Å². The van der Waals surface area contributed by atoms with Crippen LogP contribution in [-0.2, 0) is 13.0 Å². The van der Waals surface area contributed by atoms with E-state index in [0.29, 0.717) is 29.4 Å². The Morgan fingerprint density at radius 3 is 2.30 bits per heavy atom. The van der Waals surface area contributed by atoms with Gasteiger partial charge in [0.05, 0.1) is 12.7 Å². The predicted octanol–water partition coefficient (Wildman–Crippen LogP) is 5.76. The Hall–Kier alpha value is -3.53. The van der Waals surface area contributed by atoms with Crippen molar-refractivity contribution in [3.05, 3.63) is 94.2 Å². The number of ketones is 1. The molecule has 3 aromatic carbocycles. The molecular formula is C26H24O4. The Bertz CT molecular complexity index is 1090. The number of carbonyl (C=O) groups excluding carboxylic acids is 1. The van der Waals surface area contributed by atoms with Gasteiger partial charge in [0.25, 0.3) is 0 Å². The molecule has 1 heterocycles. The van der Waals surface area contributed by atoms with Crippen molar-refractivity contribution >= 4 is 11.9 Å². The van der Waals surface area contributed by atoms with Crippen molar-refractivity contribution in [2.45, 2.75) is 26.9 Å². The van der Waals surface area contributed by atoms with Crippen LogP contribution in [0.3, 0.4) is 0 Å². The monoisotopic (exact) mass is 400 g/mol. The van der Waals surface area contributed by atoms with Crippen LogP contribution in [0.1, 0.15) is 39.5 Å². The quantitative estimate of drug-likeness (QED) is 0.494. The standard InChI is InChI=1S/C26H24O4/c1-4-18-5-7-19(8-6-18)15-24-25(27)22-13-14-23(17(2)26(22)30-24)29-16-20-9-11-21(28-3)12-10-20/h5-15H,4,16H2,1-3H3/b24-15-. The second kappa shape index (κ2) is 8.46. The van der Waals surface area contributed by atoms with Crippen LogP contribution in [-0.4, -0.2) is 12.9 Å². The van der Waals surface area contributed by atoms with Gasteiger partial charge in [0.15, 0.2) is 5.76 Å². The largest absolute Gasteiger partial charge is 0.497 e. The Morgan fingerprint density at radius 1 is 0.933 bits per heavy atom. The summed E-state index contributed by atoms with van der Waals surface area (Å²) >= 11 is 0. The number of carbonyl (C=O) groups is 1. The molecule has 0 amide bonds. The third-order valence-electron chi connectivity index (χ3n) is 5.28. The van der Waals surface area contributed by atoms with Crippen molar-refractivity contribution in [1.82, 2.24) is 0 Å². The van der Waals surface area contributed by atoms with E-state index in [1.54, 1.807) is 19.3 Å². The average Bonchev–Trinajstić information content (AvgIpc) is 3.10. The number of aryl methyl sites for hydroxylation is 1. The van der Waals surface area contributed by atoms with Crippen molar-refractivity contribution in [3.8, 4) is 17.2 Å². The summed E-state index contributed by atoms with van der Waals surface area (Å²) < 4.78 is 17.1. The highest BCUT2D eigenvalue weighted by Crippen LogP contribution is 2.39. The second-order valence-electron chi connectivity index (χ2n) is 7.24. The lowest BCUT2D eigenvalue weighted by molar-refractivity contribution is 0.101. The van der Waals surface area contributed by atoms with E-state index in [1.165, 1.54) is 5.56 Å². The topological polar surface area (TPSA) is 44.8 Å². The van der Waals surface area contributed by atoms with Gasteiger partial charge < -0.3 is 14.2 Å². The molecule has 152 valence electrons. The minimum atomic E-state index is -0.102. The Kier molecular flexibility index (Phi) is 5.57. The zero-order valence-electron chi connectivity index (χ0n) is 17.4. The molecule has 0 saturated heterocycles. The van der Waals surface area contributed by atoms with E-state index < -0.39 is 0 Å². The van der Waals surface area contributed by atoms with Crippen LogP contribution in [0.4, 0.5) is 0 Å². The van der Waals surface area contributed by atoms with E-state index in [0.717, 1.165) is 28.9 Å². The van der Waals surface area contributed by atoms with Gasteiger partial charge in [0.1, 0.15) is 23.9 Å². The minimum absolute atomic E-state index is 0.102. The van der Waals surface area contributed by atoms with Crippen LogP contribution in [0.15, 0.2) is 66.4 Å². The van der Waals surface area contributed by atoms with Crippen molar-refractivity contribution in [3.63, 3.8) is 0 Å². The molecule has 0 aromatic heterocycles. The summed E-state index contributed by atoms with van der Waals surface area (Å²) in [5, 5.41) is 0. The SMILES string of the molecule is CCc1ccc(/C=C2\Oc3c(ccc(OCc4ccc(OC)cc4)c3C)C2=O)cc1. The lowest BCUT2D eigenvalue weighted by atomic mass is 10.0. The van der Waals surface area contributed by atoms with Gasteiger partial charge in [-0.25, -0.2) is 0 Å². The first kappa shape index (κ1) is 19.8. The van der Waals surface area contributed by atoms with Gasteiger partial charge in [-0.05, 0) is 60.4 Å². The van der Waals surface area contributed by atoms with Gasteiger partial charge in [0, 0.05) is 5.56 Å². The first-order valence-corrected chi connectivity index (χ1v) is 10.0. The zero-order chi connectivity index (χ0) is 21.1. The highest BCUT2D eigenvalue weighted by atomic mass is 16.5. The van der Waals surface area contributed by atoms with E-state index in [4.69, 9.17) is 14.2 Å². The van der Waals surface area contributed by atoms with E-state index >= 15 is 0 Å². The maximum Gasteiger partial charge on any atom is 0.231 e. The molecule has 4 rings (SSSR count). The summed E-state index contributed by atoms with van der Waals surface area (Å²) in [5.74, 6) is 2.32. The van der Waals surface area contributed by atoms with Crippen LogP contribution in [0.5, 0.6) is 17.2 Å². The molecular weight excluding hydrogens is 376 g/mol. The molecule has 0 aliphatic carbocycles. The third kappa shape index (κ3) is 3.94.